The highest BCUT2D eigenvalue weighted by molar-refractivity contribution is 7.11. The van der Waals surface area contributed by atoms with Gasteiger partial charge in [0.2, 0.25) is 0 Å². The van der Waals surface area contributed by atoms with E-state index in [1.54, 1.807) is 11.3 Å². The number of carbonyl (C=O) groups excluding carboxylic acids is 1. The molecular weight excluding hydrogens is 332 g/mol. The molecule has 1 saturated heterocycles. The standard InChI is InChI=1S/C19H28N4OS/c1-5-16(6-2)23-13(3)11-17(21-23)19(24)22-9-7-15(8-10-22)18-20-12-14(4)25-18/h11-12,15-16H,5-10H2,1-4H3. The fourth-order valence-corrected chi connectivity index (χ4v) is 4.59. The second-order valence-electron chi connectivity index (χ2n) is 6.96. The van der Waals surface area contributed by atoms with E-state index in [0.29, 0.717) is 17.7 Å². The monoisotopic (exact) mass is 360 g/mol. The molecule has 0 N–H and O–H groups in total. The van der Waals surface area contributed by atoms with Crippen LogP contribution in [0.2, 0.25) is 0 Å². The van der Waals surface area contributed by atoms with Gasteiger partial charge in [-0.15, -0.1) is 11.3 Å². The third-order valence-corrected chi connectivity index (χ3v) is 6.28. The third-order valence-electron chi connectivity index (χ3n) is 5.20. The lowest BCUT2D eigenvalue weighted by Crippen LogP contribution is -2.38. The summed E-state index contributed by atoms with van der Waals surface area (Å²) in [4.78, 5) is 20.6. The minimum atomic E-state index is 0.0709. The molecule has 0 bridgehead atoms. The van der Waals surface area contributed by atoms with Gasteiger partial charge in [0, 0.05) is 35.8 Å². The Morgan fingerprint density at radius 2 is 1.96 bits per heavy atom. The predicted octanol–water partition coefficient (Wildman–Crippen LogP) is 4.34. The van der Waals surface area contributed by atoms with E-state index in [2.05, 4.69) is 30.9 Å². The van der Waals surface area contributed by atoms with Gasteiger partial charge in [-0.25, -0.2) is 4.98 Å². The van der Waals surface area contributed by atoms with Gasteiger partial charge in [-0.2, -0.15) is 5.10 Å². The number of rotatable bonds is 5. The molecule has 2 aromatic heterocycles. The average molecular weight is 361 g/mol. The number of hydrogen-bond acceptors (Lipinski definition) is 4. The van der Waals surface area contributed by atoms with Crippen LogP contribution in [0.25, 0.3) is 0 Å². The van der Waals surface area contributed by atoms with Crippen LogP contribution in [0.5, 0.6) is 0 Å². The number of thiazole rings is 1. The molecule has 6 heteroatoms. The van der Waals surface area contributed by atoms with Crippen molar-refractivity contribution in [3.63, 3.8) is 0 Å². The van der Waals surface area contributed by atoms with Gasteiger partial charge in [-0.3, -0.25) is 9.48 Å². The lowest BCUT2D eigenvalue weighted by molar-refractivity contribution is 0.0705. The predicted molar refractivity (Wildman–Crippen MR) is 101 cm³/mol. The minimum Gasteiger partial charge on any atom is -0.337 e. The van der Waals surface area contributed by atoms with E-state index in [4.69, 9.17) is 0 Å². The maximum Gasteiger partial charge on any atom is 0.274 e. The zero-order valence-corrected chi connectivity index (χ0v) is 16.5. The van der Waals surface area contributed by atoms with Crippen LogP contribution in [-0.2, 0) is 0 Å². The fraction of sp³-hybridized carbons (Fsp3) is 0.632. The number of piperidine rings is 1. The van der Waals surface area contributed by atoms with Crippen LogP contribution < -0.4 is 0 Å². The Morgan fingerprint density at radius 3 is 2.52 bits per heavy atom. The van der Waals surface area contributed by atoms with Crippen molar-refractivity contribution < 1.29 is 4.79 Å². The molecule has 0 unspecified atom stereocenters. The Bertz CT molecular complexity index is 724. The summed E-state index contributed by atoms with van der Waals surface area (Å²) < 4.78 is 2.03. The maximum absolute atomic E-state index is 12.8. The van der Waals surface area contributed by atoms with Gasteiger partial charge in [-0.05, 0) is 45.6 Å². The summed E-state index contributed by atoms with van der Waals surface area (Å²) in [5, 5.41) is 5.84. The summed E-state index contributed by atoms with van der Waals surface area (Å²) in [6.45, 7) is 10.1. The van der Waals surface area contributed by atoms with Crippen LogP contribution in [0.3, 0.4) is 0 Å². The van der Waals surface area contributed by atoms with E-state index in [-0.39, 0.29) is 5.91 Å². The molecule has 0 radical (unpaired) electrons. The number of likely N-dealkylation sites (tertiary alicyclic amines) is 1. The Kier molecular flexibility index (Phi) is 5.57. The Hall–Kier alpha value is -1.69. The molecule has 0 spiro atoms. The summed E-state index contributed by atoms with van der Waals surface area (Å²) in [6, 6.07) is 2.32. The van der Waals surface area contributed by atoms with Gasteiger partial charge in [0.05, 0.1) is 11.0 Å². The third kappa shape index (κ3) is 3.78. The van der Waals surface area contributed by atoms with Crippen molar-refractivity contribution in [2.24, 2.45) is 0 Å². The molecule has 1 fully saturated rings. The molecule has 0 aromatic carbocycles. The van der Waals surface area contributed by atoms with Crippen LogP contribution in [0.15, 0.2) is 12.3 Å². The summed E-state index contributed by atoms with van der Waals surface area (Å²) in [7, 11) is 0. The van der Waals surface area contributed by atoms with Gasteiger partial charge >= 0.3 is 0 Å². The molecule has 136 valence electrons. The summed E-state index contributed by atoms with van der Waals surface area (Å²) in [5.41, 5.74) is 1.66. The molecule has 0 aliphatic carbocycles. The average Bonchev–Trinajstić information content (AvgIpc) is 3.22. The molecule has 5 nitrogen and oxygen atoms in total. The smallest absolute Gasteiger partial charge is 0.274 e. The highest BCUT2D eigenvalue weighted by atomic mass is 32.1. The van der Waals surface area contributed by atoms with Gasteiger partial charge in [-0.1, -0.05) is 13.8 Å². The van der Waals surface area contributed by atoms with Crippen LogP contribution in [0.1, 0.15) is 77.6 Å². The number of amides is 1. The quantitative estimate of drug-likeness (QED) is 0.797. The maximum atomic E-state index is 12.8. The fourth-order valence-electron chi connectivity index (χ4n) is 3.65. The van der Waals surface area contributed by atoms with Crippen molar-refractivity contribution in [3.05, 3.63) is 33.5 Å². The highest BCUT2D eigenvalue weighted by Crippen LogP contribution is 2.31. The topological polar surface area (TPSA) is 51.0 Å². The van der Waals surface area contributed by atoms with E-state index in [1.807, 2.05) is 28.8 Å². The summed E-state index contributed by atoms with van der Waals surface area (Å²) in [5.74, 6) is 0.563. The number of nitrogens with zero attached hydrogens (tertiary/aromatic N) is 4. The largest absolute Gasteiger partial charge is 0.337 e. The van der Waals surface area contributed by atoms with Crippen LogP contribution in [0, 0.1) is 13.8 Å². The van der Waals surface area contributed by atoms with Gasteiger partial charge in [0.15, 0.2) is 5.69 Å². The molecule has 0 atom stereocenters. The second-order valence-corrected chi connectivity index (χ2v) is 8.23. The first kappa shape index (κ1) is 18.1. The molecule has 2 aromatic rings. The van der Waals surface area contributed by atoms with Gasteiger partial charge in [0.25, 0.3) is 5.91 Å². The Labute approximate surface area is 154 Å². The van der Waals surface area contributed by atoms with Crippen molar-refractivity contribution in [2.75, 3.05) is 13.1 Å². The number of aromatic nitrogens is 3. The van der Waals surface area contributed by atoms with Gasteiger partial charge < -0.3 is 4.90 Å². The minimum absolute atomic E-state index is 0.0709. The molecule has 25 heavy (non-hydrogen) atoms. The SMILES string of the molecule is CCC(CC)n1nc(C(=O)N2CCC(c3ncc(C)s3)CC2)cc1C. The molecule has 3 heterocycles. The summed E-state index contributed by atoms with van der Waals surface area (Å²) in [6.07, 6.45) is 6.00. The molecule has 1 aliphatic rings. The lowest BCUT2D eigenvalue weighted by Gasteiger charge is -2.30. The molecular formula is C19H28N4OS. The number of carbonyl (C=O) groups is 1. The normalized spacial score (nSPS) is 16.0. The van der Waals surface area contributed by atoms with E-state index < -0.39 is 0 Å². The summed E-state index contributed by atoms with van der Waals surface area (Å²) >= 11 is 1.78. The van der Waals surface area contributed by atoms with Crippen molar-refractivity contribution in [2.45, 2.75) is 65.3 Å². The molecule has 3 rings (SSSR count). The van der Waals surface area contributed by atoms with Crippen molar-refractivity contribution in [1.82, 2.24) is 19.7 Å². The Balaban J connectivity index is 1.65. The van der Waals surface area contributed by atoms with E-state index in [0.717, 1.165) is 44.5 Å². The van der Waals surface area contributed by atoms with E-state index >= 15 is 0 Å². The zero-order chi connectivity index (χ0) is 18.0. The molecule has 1 amide bonds. The number of aryl methyl sites for hydroxylation is 2. The second kappa shape index (κ2) is 7.68. The molecule has 0 saturated carbocycles. The number of hydrogen-bond donors (Lipinski definition) is 0. The molecule has 1 aliphatic heterocycles. The van der Waals surface area contributed by atoms with Crippen molar-refractivity contribution in [3.8, 4) is 0 Å². The van der Waals surface area contributed by atoms with Crippen LogP contribution in [-0.4, -0.2) is 38.7 Å². The Morgan fingerprint density at radius 1 is 1.28 bits per heavy atom. The first-order valence-electron chi connectivity index (χ1n) is 9.31. The first-order valence-corrected chi connectivity index (χ1v) is 10.1. The van der Waals surface area contributed by atoms with Gasteiger partial charge in [0.1, 0.15) is 0 Å². The van der Waals surface area contributed by atoms with Crippen molar-refractivity contribution in [1.29, 1.82) is 0 Å². The lowest BCUT2D eigenvalue weighted by atomic mass is 9.97. The zero-order valence-electron chi connectivity index (χ0n) is 15.7. The van der Waals surface area contributed by atoms with E-state index in [1.165, 1.54) is 9.88 Å². The first-order chi connectivity index (χ1) is 12.0. The van der Waals surface area contributed by atoms with Crippen LogP contribution >= 0.6 is 11.3 Å². The highest BCUT2D eigenvalue weighted by Gasteiger charge is 2.28. The van der Waals surface area contributed by atoms with E-state index in [9.17, 15) is 4.79 Å². The van der Waals surface area contributed by atoms with Crippen LogP contribution in [0.4, 0.5) is 0 Å². The van der Waals surface area contributed by atoms with Crippen molar-refractivity contribution >= 4 is 17.2 Å².